The van der Waals surface area contributed by atoms with E-state index in [9.17, 15) is 9.18 Å². The Balaban J connectivity index is 1.36. The SMILES string of the molecule is Cc1nc(Nc2ccc(F)cc2)sc1C(=O)Nc1ccc(OCc2ccccc2)cc1. The Morgan fingerprint density at radius 1 is 0.968 bits per heavy atom. The van der Waals surface area contributed by atoms with Gasteiger partial charge in [0.1, 0.15) is 23.1 Å². The largest absolute Gasteiger partial charge is 0.489 e. The van der Waals surface area contributed by atoms with Gasteiger partial charge in [-0.2, -0.15) is 0 Å². The first-order chi connectivity index (χ1) is 15.1. The van der Waals surface area contributed by atoms with Crippen LogP contribution in [-0.2, 0) is 6.61 Å². The summed E-state index contributed by atoms with van der Waals surface area (Å²) in [6.07, 6.45) is 0. The first-order valence-corrected chi connectivity index (χ1v) is 10.5. The summed E-state index contributed by atoms with van der Waals surface area (Å²) >= 11 is 1.24. The molecule has 0 fully saturated rings. The lowest BCUT2D eigenvalue weighted by Crippen LogP contribution is -2.11. The third-order valence-corrected chi connectivity index (χ3v) is 5.53. The highest BCUT2D eigenvalue weighted by atomic mass is 32.1. The normalized spacial score (nSPS) is 10.5. The van der Waals surface area contributed by atoms with Crippen LogP contribution in [0, 0.1) is 12.7 Å². The van der Waals surface area contributed by atoms with Crippen LogP contribution in [0.5, 0.6) is 5.75 Å². The summed E-state index contributed by atoms with van der Waals surface area (Å²) in [6.45, 7) is 2.26. The highest BCUT2D eigenvalue weighted by molar-refractivity contribution is 7.17. The highest BCUT2D eigenvalue weighted by Crippen LogP contribution is 2.27. The van der Waals surface area contributed by atoms with E-state index in [4.69, 9.17) is 4.74 Å². The van der Waals surface area contributed by atoms with Gasteiger partial charge < -0.3 is 15.4 Å². The maximum atomic E-state index is 13.1. The molecular weight excluding hydrogens is 413 g/mol. The van der Waals surface area contributed by atoms with E-state index >= 15 is 0 Å². The number of rotatable bonds is 7. The Kier molecular flexibility index (Phi) is 6.24. The molecule has 156 valence electrons. The number of amides is 1. The summed E-state index contributed by atoms with van der Waals surface area (Å²) < 4.78 is 18.8. The molecule has 0 spiro atoms. The van der Waals surface area contributed by atoms with E-state index in [1.165, 1.54) is 23.5 Å². The standard InChI is InChI=1S/C24H20FN3O2S/c1-16-22(31-24(26-16)28-20-9-7-18(25)8-10-20)23(29)27-19-11-13-21(14-12-19)30-15-17-5-3-2-4-6-17/h2-14H,15H2,1H3,(H,26,28)(H,27,29). The van der Waals surface area contributed by atoms with E-state index in [2.05, 4.69) is 15.6 Å². The molecule has 0 radical (unpaired) electrons. The molecule has 4 aromatic rings. The van der Waals surface area contributed by atoms with E-state index in [-0.39, 0.29) is 11.7 Å². The predicted octanol–water partition coefficient (Wildman–Crippen LogP) is 6.17. The van der Waals surface area contributed by atoms with Crippen molar-refractivity contribution in [2.45, 2.75) is 13.5 Å². The van der Waals surface area contributed by atoms with Crippen molar-refractivity contribution in [1.29, 1.82) is 0 Å². The van der Waals surface area contributed by atoms with Gasteiger partial charge in [0.15, 0.2) is 5.13 Å². The van der Waals surface area contributed by atoms with E-state index in [0.717, 1.165) is 11.3 Å². The van der Waals surface area contributed by atoms with Crippen molar-refractivity contribution in [1.82, 2.24) is 4.98 Å². The number of halogens is 1. The monoisotopic (exact) mass is 433 g/mol. The third-order valence-electron chi connectivity index (χ3n) is 4.46. The summed E-state index contributed by atoms with van der Waals surface area (Å²) in [5.41, 5.74) is 3.08. The zero-order valence-corrected chi connectivity index (χ0v) is 17.6. The molecule has 31 heavy (non-hydrogen) atoms. The lowest BCUT2D eigenvalue weighted by molar-refractivity contribution is 0.103. The van der Waals surface area contributed by atoms with E-state index in [1.54, 1.807) is 31.2 Å². The number of aryl methyl sites for hydroxylation is 1. The van der Waals surface area contributed by atoms with Crippen molar-refractivity contribution in [3.8, 4) is 5.75 Å². The molecule has 4 rings (SSSR count). The number of ether oxygens (including phenoxy) is 1. The molecule has 0 bridgehead atoms. The number of nitrogens with one attached hydrogen (secondary N) is 2. The van der Waals surface area contributed by atoms with E-state index in [1.807, 2.05) is 42.5 Å². The Labute approximate surface area is 183 Å². The minimum atomic E-state index is -0.308. The van der Waals surface area contributed by atoms with Crippen LogP contribution in [0.3, 0.4) is 0 Å². The third kappa shape index (κ3) is 5.46. The molecule has 0 atom stereocenters. The Hall–Kier alpha value is -3.71. The van der Waals surface area contributed by atoms with Gasteiger partial charge >= 0.3 is 0 Å². The van der Waals surface area contributed by atoms with E-state index in [0.29, 0.717) is 33.7 Å². The van der Waals surface area contributed by atoms with Gasteiger partial charge in [-0.25, -0.2) is 9.37 Å². The number of thiazole rings is 1. The van der Waals surface area contributed by atoms with Crippen molar-refractivity contribution in [3.63, 3.8) is 0 Å². The lowest BCUT2D eigenvalue weighted by Gasteiger charge is -2.08. The summed E-state index contributed by atoms with van der Waals surface area (Å²) in [6, 6.07) is 23.1. The summed E-state index contributed by atoms with van der Waals surface area (Å²) in [4.78, 5) is 17.6. The van der Waals surface area contributed by atoms with Crippen molar-refractivity contribution < 1.29 is 13.9 Å². The summed E-state index contributed by atoms with van der Waals surface area (Å²) in [5.74, 6) is 0.180. The molecular formula is C24H20FN3O2S. The van der Waals surface area contributed by atoms with Gasteiger partial charge in [0.2, 0.25) is 0 Å². The first kappa shape index (κ1) is 20.6. The van der Waals surface area contributed by atoms with Crippen LogP contribution in [0.1, 0.15) is 20.9 Å². The first-order valence-electron chi connectivity index (χ1n) is 9.65. The molecule has 2 N–H and O–H groups in total. The van der Waals surface area contributed by atoms with Gasteiger partial charge in [-0.3, -0.25) is 4.79 Å². The number of hydrogen-bond acceptors (Lipinski definition) is 5. The molecule has 5 nitrogen and oxygen atoms in total. The maximum Gasteiger partial charge on any atom is 0.267 e. The van der Waals surface area contributed by atoms with Crippen LogP contribution in [0.2, 0.25) is 0 Å². The smallest absolute Gasteiger partial charge is 0.267 e. The van der Waals surface area contributed by atoms with E-state index < -0.39 is 0 Å². The van der Waals surface area contributed by atoms with Crippen LogP contribution in [0.4, 0.5) is 20.9 Å². The second kappa shape index (κ2) is 9.40. The van der Waals surface area contributed by atoms with Crippen LogP contribution in [0.25, 0.3) is 0 Å². The number of aromatic nitrogens is 1. The molecule has 1 amide bonds. The Morgan fingerprint density at radius 2 is 1.65 bits per heavy atom. The predicted molar refractivity (Wildman–Crippen MR) is 122 cm³/mol. The molecule has 0 aliphatic rings. The fourth-order valence-electron chi connectivity index (χ4n) is 2.88. The fraction of sp³-hybridized carbons (Fsp3) is 0.0833. The second-order valence-corrected chi connectivity index (χ2v) is 7.82. The topological polar surface area (TPSA) is 63.2 Å². The van der Waals surface area contributed by atoms with Gasteiger partial charge in [-0.05, 0) is 61.0 Å². The maximum absolute atomic E-state index is 13.1. The lowest BCUT2D eigenvalue weighted by atomic mass is 10.2. The quantitative estimate of drug-likeness (QED) is 0.366. The molecule has 0 aliphatic carbocycles. The number of hydrogen-bond donors (Lipinski definition) is 2. The van der Waals surface area contributed by atoms with Crippen LogP contribution in [0.15, 0.2) is 78.9 Å². The fourth-order valence-corrected chi connectivity index (χ4v) is 3.76. The number of carbonyl (C=O) groups is 1. The van der Waals surface area contributed by atoms with Gasteiger partial charge in [-0.1, -0.05) is 41.7 Å². The molecule has 1 heterocycles. The van der Waals surface area contributed by atoms with Crippen LogP contribution < -0.4 is 15.4 Å². The number of carbonyl (C=O) groups excluding carboxylic acids is 1. The van der Waals surface area contributed by atoms with Crippen molar-refractivity contribution in [3.05, 3.63) is 101 Å². The highest BCUT2D eigenvalue weighted by Gasteiger charge is 2.16. The van der Waals surface area contributed by atoms with Gasteiger partial charge in [0, 0.05) is 11.4 Å². The van der Waals surface area contributed by atoms with Crippen LogP contribution in [-0.4, -0.2) is 10.9 Å². The summed E-state index contributed by atoms with van der Waals surface area (Å²) in [7, 11) is 0. The minimum absolute atomic E-state index is 0.236. The minimum Gasteiger partial charge on any atom is -0.489 e. The molecule has 0 saturated carbocycles. The van der Waals surface area contributed by atoms with Gasteiger partial charge in [0.05, 0.1) is 5.69 Å². The Morgan fingerprint density at radius 3 is 2.35 bits per heavy atom. The van der Waals surface area contributed by atoms with Crippen LogP contribution >= 0.6 is 11.3 Å². The van der Waals surface area contributed by atoms with Crippen molar-refractivity contribution >= 4 is 33.8 Å². The van der Waals surface area contributed by atoms with Gasteiger partial charge in [-0.15, -0.1) is 0 Å². The molecule has 0 aliphatic heterocycles. The molecule has 0 unspecified atom stereocenters. The van der Waals surface area contributed by atoms with Crippen molar-refractivity contribution in [2.24, 2.45) is 0 Å². The summed E-state index contributed by atoms with van der Waals surface area (Å²) in [5, 5.41) is 6.54. The Bertz CT molecular complexity index is 1160. The second-order valence-electron chi connectivity index (χ2n) is 6.82. The zero-order chi connectivity index (χ0) is 21.6. The van der Waals surface area contributed by atoms with Crippen molar-refractivity contribution in [2.75, 3.05) is 10.6 Å². The molecule has 3 aromatic carbocycles. The number of anilines is 3. The molecule has 1 aromatic heterocycles. The number of benzene rings is 3. The average Bonchev–Trinajstić information content (AvgIpc) is 3.15. The number of nitrogens with zero attached hydrogens (tertiary/aromatic N) is 1. The molecule has 7 heteroatoms. The van der Waals surface area contributed by atoms with Gasteiger partial charge in [0.25, 0.3) is 5.91 Å². The average molecular weight is 434 g/mol. The zero-order valence-electron chi connectivity index (χ0n) is 16.8. The molecule has 0 saturated heterocycles.